The van der Waals surface area contributed by atoms with Crippen LogP contribution in [0.25, 0.3) is 0 Å². The Morgan fingerprint density at radius 2 is 2.38 bits per heavy atom. The fourth-order valence-corrected chi connectivity index (χ4v) is 0.425. The number of aromatic amines is 1. The van der Waals surface area contributed by atoms with Crippen molar-refractivity contribution in [3.8, 4) is 5.75 Å². The smallest absolute Gasteiger partial charge is 0.247 e. The van der Waals surface area contributed by atoms with Crippen molar-refractivity contribution in [1.82, 2.24) is 4.98 Å². The van der Waals surface area contributed by atoms with E-state index in [0.29, 0.717) is 0 Å². The van der Waals surface area contributed by atoms with Gasteiger partial charge in [0.05, 0.1) is 0 Å². The number of hydrogen-bond donors (Lipinski definition) is 1. The number of aromatic nitrogens is 1. The molecule has 42 valence electrons. The fraction of sp³-hybridized carbons (Fsp3) is 0. The van der Waals surface area contributed by atoms with Crippen LogP contribution in [-0.4, -0.2) is 4.98 Å². The zero-order chi connectivity index (χ0) is 5.98. The van der Waals surface area contributed by atoms with Crippen molar-refractivity contribution in [3.05, 3.63) is 28.7 Å². The zero-order valence-corrected chi connectivity index (χ0v) is 4.05. The summed E-state index contributed by atoms with van der Waals surface area (Å²) in [7, 11) is 0. The highest BCUT2D eigenvalue weighted by Gasteiger charge is 1.74. The lowest BCUT2D eigenvalue weighted by atomic mass is 10.5. The molecule has 0 aliphatic rings. The molecule has 8 heavy (non-hydrogen) atoms. The summed E-state index contributed by atoms with van der Waals surface area (Å²) in [5.41, 5.74) is -0.350. The molecule has 0 aliphatic carbocycles. The Morgan fingerprint density at radius 3 is 2.75 bits per heavy atom. The molecule has 0 saturated carbocycles. The predicted octanol–water partition coefficient (Wildman–Crippen LogP) is -0.552. The van der Waals surface area contributed by atoms with Gasteiger partial charge in [0, 0.05) is 6.20 Å². The molecular weight excluding hydrogens is 106 g/mol. The molecular formula is C5H4NO2-. The van der Waals surface area contributed by atoms with Crippen molar-refractivity contribution in [3.63, 3.8) is 0 Å². The second-order valence-corrected chi connectivity index (χ2v) is 1.39. The molecule has 1 rings (SSSR count). The summed E-state index contributed by atoms with van der Waals surface area (Å²) in [6, 6.07) is 2.29. The first-order valence-corrected chi connectivity index (χ1v) is 2.15. The summed E-state index contributed by atoms with van der Waals surface area (Å²) in [5.74, 6) is -0.256. The molecule has 3 heteroatoms. The van der Waals surface area contributed by atoms with Crippen LogP contribution >= 0.6 is 0 Å². The highest BCUT2D eigenvalue weighted by Crippen LogP contribution is 1.91. The Balaban J connectivity index is 3.28. The van der Waals surface area contributed by atoms with Crippen LogP contribution in [0, 0.1) is 0 Å². The van der Waals surface area contributed by atoms with Crippen LogP contribution in [-0.2, 0) is 0 Å². The van der Waals surface area contributed by atoms with E-state index in [1.807, 2.05) is 0 Å². The van der Waals surface area contributed by atoms with Crippen molar-refractivity contribution in [1.29, 1.82) is 0 Å². The lowest BCUT2D eigenvalue weighted by Gasteiger charge is -1.98. The highest BCUT2D eigenvalue weighted by atomic mass is 16.3. The Labute approximate surface area is 45.6 Å². The van der Waals surface area contributed by atoms with Crippen LogP contribution in [0.4, 0.5) is 0 Å². The van der Waals surface area contributed by atoms with Gasteiger partial charge in [0.1, 0.15) is 0 Å². The van der Waals surface area contributed by atoms with E-state index in [0.717, 1.165) is 6.07 Å². The van der Waals surface area contributed by atoms with Crippen LogP contribution in [0.5, 0.6) is 5.75 Å². The topological polar surface area (TPSA) is 55.9 Å². The lowest BCUT2D eigenvalue weighted by Crippen LogP contribution is -2.04. The molecule has 0 amide bonds. The third kappa shape index (κ3) is 0.872. The first kappa shape index (κ1) is 4.90. The third-order valence-electron chi connectivity index (χ3n) is 0.747. The minimum atomic E-state index is -0.350. The first-order chi connectivity index (χ1) is 3.79. The monoisotopic (exact) mass is 110 g/mol. The van der Waals surface area contributed by atoms with Crippen molar-refractivity contribution in [2.75, 3.05) is 0 Å². The van der Waals surface area contributed by atoms with Gasteiger partial charge >= 0.3 is 0 Å². The minimum absolute atomic E-state index is 0.256. The van der Waals surface area contributed by atoms with Crippen LogP contribution in [0.3, 0.4) is 0 Å². The molecule has 0 spiro atoms. The summed E-state index contributed by atoms with van der Waals surface area (Å²) in [6.45, 7) is 0. The molecule has 1 aromatic heterocycles. The van der Waals surface area contributed by atoms with Gasteiger partial charge in [0.15, 0.2) is 0 Å². The molecule has 0 fully saturated rings. The quantitative estimate of drug-likeness (QED) is 0.487. The summed E-state index contributed by atoms with van der Waals surface area (Å²) >= 11 is 0. The average Bonchev–Trinajstić information content (AvgIpc) is 1.64. The van der Waals surface area contributed by atoms with Crippen molar-refractivity contribution >= 4 is 0 Å². The number of nitrogens with one attached hydrogen (secondary N) is 1. The van der Waals surface area contributed by atoms with E-state index in [1.165, 1.54) is 12.3 Å². The van der Waals surface area contributed by atoms with Gasteiger partial charge < -0.3 is 10.1 Å². The Bertz CT molecular complexity index is 228. The Hall–Kier alpha value is -1.25. The van der Waals surface area contributed by atoms with Gasteiger partial charge in [-0.3, -0.25) is 4.79 Å². The van der Waals surface area contributed by atoms with Crippen LogP contribution in [0.2, 0.25) is 0 Å². The summed E-state index contributed by atoms with van der Waals surface area (Å²) < 4.78 is 0. The summed E-state index contributed by atoms with van der Waals surface area (Å²) in [5, 5.41) is 10.3. The molecule has 1 aromatic rings. The van der Waals surface area contributed by atoms with Crippen molar-refractivity contribution in [2.45, 2.75) is 0 Å². The van der Waals surface area contributed by atoms with Gasteiger partial charge in [-0.1, -0.05) is 6.07 Å². The van der Waals surface area contributed by atoms with Gasteiger partial charge in [-0.25, -0.2) is 0 Å². The van der Waals surface area contributed by atoms with Crippen molar-refractivity contribution in [2.24, 2.45) is 0 Å². The maximum Gasteiger partial charge on any atom is 0.247 e. The highest BCUT2D eigenvalue weighted by molar-refractivity contribution is 5.12. The molecule has 0 aliphatic heterocycles. The van der Waals surface area contributed by atoms with E-state index >= 15 is 0 Å². The lowest BCUT2D eigenvalue weighted by molar-refractivity contribution is -0.268. The van der Waals surface area contributed by atoms with E-state index in [-0.39, 0.29) is 11.3 Å². The maximum atomic E-state index is 10.3. The Kier molecular flexibility index (Phi) is 1.04. The number of pyridine rings is 1. The summed E-state index contributed by atoms with van der Waals surface area (Å²) in [4.78, 5) is 12.6. The molecule has 1 heterocycles. The number of rotatable bonds is 0. The van der Waals surface area contributed by atoms with E-state index < -0.39 is 0 Å². The van der Waals surface area contributed by atoms with E-state index in [2.05, 4.69) is 4.98 Å². The van der Waals surface area contributed by atoms with Gasteiger partial charge in [-0.15, -0.1) is 5.75 Å². The first-order valence-electron chi connectivity index (χ1n) is 2.15. The molecule has 0 bridgehead atoms. The molecule has 1 N–H and O–H groups in total. The molecule has 0 saturated heterocycles. The van der Waals surface area contributed by atoms with Gasteiger partial charge in [-0.05, 0) is 6.07 Å². The van der Waals surface area contributed by atoms with Crippen LogP contribution in [0.15, 0.2) is 23.1 Å². The van der Waals surface area contributed by atoms with E-state index in [9.17, 15) is 9.90 Å². The molecule has 0 unspecified atom stereocenters. The van der Waals surface area contributed by atoms with Gasteiger partial charge in [-0.2, -0.15) is 0 Å². The van der Waals surface area contributed by atoms with Crippen LogP contribution < -0.4 is 10.7 Å². The molecule has 0 atom stereocenters. The van der Waals surface area contributed by atoms with Gasteiger partial charge in [0.25, 0.3) is 0 Å². The van der Waals surface area contributed by atoms with Crippen molar-refractivity contribution < 1.29 is 5.11 Å². The SMILES string of the molecule is O=c1cc([O-])cc[nH]1. The largest absolute Gasteiger partial charge is 0.872 e. The molecule has 0 radical (unpaired) electrons. The van der Waals surface area contributed by atoms with Gasteiger partial charge in [0.2, 0.25) is 5.56 Å². The summed E-state index contributed by atoms with van der Waals surface area (Å²) in [6.07, 6.45) is 1.32. The number of hydrogen-bond acceptors (Lipinski definition) is 2. The second kappa shape index (κ2) is 1.69. The molecule has 0 aromatic carbocycles. The maximum absolute atomic E-state index is 10.3. The van der Waals surface area contributed by atoms with Crippen LogP contribution in [0.1, 0.15) is 0 Å². The van der Waals surface area contributed by atoms with E-state index in [4.69, 9.17) is 0 Å². The minimum Gasteiger partial charge on any atom is -0.872 e. The standard InChI is InChI=1S/C5H5NO2/c7-4-1-2-6-5(8)3-4/h1-3H,(H2,6,7,8)/p-1. The normalized spacial score (nSPS) is 9.00. The second-order valence-electron chi connectivity index (χ2n) is 1.39. The Morgan fingerprint density at radius 1 is 1.62 bits per heavy atom. The number of H-pyrrole nitrogens is 1. The fourth-order valence-electron chi connectivity index (χ4n) is 0.425. The van der Waals surface area contributed by atoms with E-state index in [1.54, 1.807) is 0 Å². The third-order valence-corrected chi connectivity index (χ3v) is 0.747. The molecule has 3 nitrogen and oxygen atoms in total. The predicted molar refractivity (Wildman–Crippen MR) is 26.5 cm³/mol. The zero-order valence-electron chi connectivity index (χ0n) is 4.05. The average molecular weight is 110 g/mol.